The topological polar surface area (TPSA) is 45.5 Å². The van der Waals surface area contributed by atoms with Gasteiger partial charge < -0.3 is 14.6 Å². The third-order valence-corrected chi connectivity index (χ3v) is 7.41. The van der Waals surface area contributed by atoms with Crippen molar-refractivity contribution in [1.29, 1.82) is 0 Å². The number of furan rings is 1. The molecule has 1 N–H and O–H groups in total. The van der Waals surface area contributed by atoms with E-state index in [1.165, 1.54) is 39.4 Å². The molecule has 186 valence electrons. The second-order valence-corrected chi connectivity index (χ2v) is 9.42. The van der Waals surface area contributed by atoms with Crippen molar-refractivity contribution in [1.82, 2.24) is 0 Å². The summed E-state index contributed by atoms with van der Waals surface area (Å²) in [7, 11) is 0. The molecule has 1 aliphatic heterocycles. The van der Waals surface area contributed by atoms with Gasteiger partial charge in [-0.1, -0.05) is 0 Å². The normalized spacial score (nSPS) is 14.0. The number of nitrogens with zero attached hydrogens (tertiary/aromatic N) is 1. The van der Waals surface area contributed by atoms with Gasteiger partial charge in [-0.15, -0.1) is 0 Å². The van der Waals surface area contributed by atoms with Crippen LogP contribution >= 0.6 is 0 Å². The molecule has 1 aliphatic rings. The Morgan fingerprint density at radius 2 is 1.51 bits per heavy atom. The molecule has 0 radical (unpaired) electrons. The van der Waals surface area contributed by atoms with Crippen molar-refractivity contribution in [2.45, 2.75) is 60.1 Å². The van der Waals surface area contributed by atoms with Gasteiger partial charge in [-0.2, -0.15) is 13.2 Å². The summed E-state index contributed by atoms with van der Waals surface area (Å²) in [4.78, 5) is 15.0. The van der Waals surface area contributed by atoms with Gasteiger partial charge in [0.2, 0.25) is 0 Å². The van der Waals surface area contributed by atoms with Crippen molar-refractivity contribution < 1.29 is 22.4 Å². The van der Waals surface area contributed by atoms with Crippen molar-refractivity contribution in [3.05, 3.63) is 80.8 Å². The minimum absolute atomic E-state index is 0.0700. The van der Waals surface area contributed by atoms with Gasteiger partial charge in [0.05, 0.1) is 16.9 Å². The molecule has 2 heterocycles. The summed E-state index contributed by atoms with van der Waals surface area (Å²) in [6, 6.07) is 6.83. The number of alkyl halides is 3. The van der Waals surface area contributed by atoms with Crippen LogP contribution in [0.5, 0.6) is 0 Å². The van der Waals surface area contributed by atoms with Gasteiger partial charge in [0.25, 0.3) is 5.91 Å². The Morgan fingerprint density at radius 3 is 2.11 bits per heavy atom. The fourth-order valence-corrected chi connectivity index (χ4v) is 4.84. The molecule has 35 heavy (non-hydrogen) atoms. The van der Waals surface area contributed by atoms with Gasteiger partial charge in [-0.3, -0.25) is 4.79 Å². The number of hydrogen-bond acceptors (Lipinski definition) is 3. The smallest absolute Gasteiger partial charge is 0.416 e. The minimum Gasteiger partial charge on any atom is -0.456 e. The molecule has 0 saturated carbocycles. The predicted molar refractivity (Wildman–Crippen MR) is 132 cm³/mol. The molecular formula is C28H31F3N2O2. The average Bonchev–Trinajstić information content (AvgIpc) is 3.51. The number of nitrogens with one attached hydrogen (secondary N) is 1. The molecule has 0 atom stereocenters. The lowest BCUT2D eigenvalue weighted by atomic mass is 9.88. The van der Waals surface area contributed by atoms with Crippen LogP contribution in [0, 0.1) is 34.6 Å². The molecule has 3 aromatic rings. The summed E-state index contributed by atoms with van der Waals surface area (Å²) in [5.41, 5.74) is 7.26. The number of hydrogen-bond donors (Lipinski definition) is 1. The monoisotopic (exact) mass is 484 g/mol. The molecule has 2 aromatic carbocycles. The molecular weight excluding hydrogens is 453 g/mol. The van der Waals surface area contributed by atoms with E-state index in [-0.39, 0.29) is 11.4 Å². The molecule has 4 rings (SSSR count). The number of rotatable bonds is 5. The van der Waals surface area contributed by atoms with Gasteiger partial charge in [0.1, 0.15) is 5.76 Å². The van der Waals surface area contributed by atoms with E-state index in [0.717, 1.165) is 38.1 Å². The quantitative estimate of drug-likeness (QED) is 0.414. The van der Waals surface area contributed by atoms with Crippen LogP contribution in [-0.2, 0) is 12.6 Å². The Kier molecular flexibility index (Phi) is 6.71. The van der Waals surface area contributed by atoms with Crippen LogP contribution in [0.2, 0.25) is 0 Å². The van der Waals surface area contributed by atoms with Gasteiger partial charge >= 0.3 is 6.18 Å². The van der Waals surface area contributed by atoms with Crippen LogP contribution in [0.25, 0.3) is 0 Å². The molecule has 0 spiro atoms. The predicted octanol–water partition coefficient (Wildman–Crippen LogP) is 7.28. The summed E-state index contributed by atoms with van der Waals surface area (Å²) in [6.45, 7) is 12.0. The third-order valence-electron chi connectivity index (χ3n) is 7.41. The van der Waals surface area contributed by atoms with Crippen LogP contribution < -0.4 is 10.2 Å². The zero-order chi connectivity index (χ0) is 25.5. The number of anilines is 2. The Morgan fingerprint density at radius 1 is 0.914 bits per heavy atom. The van der Waals surface area contributed by atoms with Gasteiger partial charge in [-0.05, 0) is 111 Å². The van der Waals surface area contributed by atoms with Gasteiger partial charge in [0.15, 0.2) is 5.76 Å². The van der Waals surface area contributed by atoms with Gasteiger partial charge in [-0.25, -0.2) is 0 Å². The molecule has 4 nitrogen and oxygen atoms in total. The van der Waals surface area contributed by atoms with Crippen LogP contribution in [0.3, 0.4) is 0 Å². The first-order valence-corrected chi connectivity index (χ1v) is 11.9. The molecule has 0 unspecified atom stereocenters. The van der Waals surface area contributed by atoms with Crippen LogP contribution in [0.15, 0.2) is 34.7 Å². The number of amides is 1. The zero-order valence-electron chi connectivity index (χ0n) is 20.8. The van der Waals surface area contributed by atoms with Crippen molar-refractivity contribution in [3.63, 3.8) is 0 Å². The molecule has 1 aromatic heterocycles. The Bertz CT molecular complexity index is 1240. The highest BCUT2D eigenvalue weighted by molar-refractivity contribution is 6.04. The lowest BCUT2D eigenvalue weighted by molar-refractivity contribution is -0.137. The van der Waals surface area contributed by atoms with E-state index in [1.54, 1.807) is 12.1 Å². The summed E-state index contributed by atoms with van der Waals surface area (Å²) in [6.07, 6.45) is -2.03. The van der Waals surface area contributed by atoms with E-state index in [9.17, 15) is 18.0 Å². The van der Waals surface area contributed by atoms with Crippen LogP contribution in [0.4, 0.5) is 24.5 Å². The van der Waals surface area contributed by atoms with E-state index < -0.39 is 17.6 Å². The van der Waals surface area contributed by atoms with E-state index >= 15 is 0 Å². The van der Waals surface area contributed by atoms with E-state index in [0.29, 0.717) is 17.9 Å². The van der Waals surface area contributed by atoms with E-state index in [1.807, 2.05) is 4.90 Å². The van der Waals surface area contributed by atoms with E-state index in [4.69, 9.17) is 4.42 Å². The van der Waals surface area contributed by atoms with Crippen molar-refractivity contribution >= 4 is 17.3 Å². The lowest BCUT2D eigenvalue weighted by Gasteiger charge is -2.22. The Balaban J connectivity index is 1.59. The average molecular weight is 485 g/mol. The molecule has 1 amide bonds. The fraction of sp³-hybridized carbons (Fsp3) is 0.393. The second-order valence-electron chi connectivity index (χ2n) is 9.42. The van der Waals surface area contributed by atoms with Crippen molar-refractivity contribution in [2.24, 2.45) is 0 Å². The van der Waals surface area contributed by atoms with Crippen LogP contribution in [0.1, 0.15) is 68.1 Å². The summed E-state index contributed by atoms with van der Waals surface area (Å²) in [5.74, 6) is 0.134. The Labute approximate surface area is 204 Å². The lowest BCUT2D eigenvalue weighted by Crippen LogP contribution is -2.21. The first-order chi connectivity index (χ1) is 16.5. The van der Waals surface area contributed by atoms with Crippen molar-refractivity contribution in [3.8, 4) is 0 Å². The highest BCUT2D eigenvalue weighted by atomic mass is 19.4. The van der Waals surface area contributed by atoms with Gasteiger partial charge in [0, 0.05) is 19.5 Å². The maximum Gasteiger partial charge on any atom is 0.416 e. The standard InChI is InChI=1S/C28H31F3N2O2/c1-16-17(2)19(4)23(20(5)18(16)3)15-22-9-11-26(35-22)27(34)32-24-14-21(28(29,30)31)8-10-25(24)33-12-6-7-13-33/h8-11,14H,6-7,12-13,15H2,1-5H3,(H,32,34). The SMILES string of the molecule is Cc1c(C)c(C)c(Cc2ccc(C(=O)Nc3cc(C(F)(F)F)ccc3N3CCCC3)o2)c(C)c1C. The molecule has 0 bridgehead atoms. The maximum atomic E-state index is 13.3. The second kappa shape index (κ2) is 9.44. The number of carbonyl (C=O) groups is 1. The minimum atomic E-state index is -4.50. The number of benzene rings is 2. The maximum absolute atomic E-state index is 13.3. The highest BCUT2D eigenvalue weighted by Crippen LogP contribution is 2.37. The largest absolute Gasteiger partial charge is 0.456 e. The first kappa shape index (κ1) is 24.9. The summed E-state index contributed by atoms with van der Waals surface area (Å²) < 4.78 is 45.9. The Hall–Kier alpha value is -3.22. The van der Waals surface area contributed by atoms with Crippen molar-refractivity contribution in [2.75, 3.05) is 23.3 Å². The molecule has 7 heteroatoms. The zero-order valence-corrected chi connectivity index (χ0v) is 20.8. The number of halogens is 3. The number of carbonyl (C=O) groups excluding carboxylic acids is 1. The summed E-state index contributed by atoms with van der Waals surface area (Å²) in [5, 5.41) is 2.67. The fourth-order valence-electron chi connectivity index (χ4n) is 4.84. The molecule has 1 saturated heterocycles. The first-order valence-electron chi connectivity index (χ1n) is 11.9. The molecule has 0 aliphatic carbocycles. The molecule has 1 fully saturated rings. The highest BCUT2D eigenvalue weighted by Gasteiger charge is 2.32. The van der Waals surface area contributed by atoms with Crippen LogP contribution in [-0.4, -0.2) is 19.0 Å². The van der Waals surface area contributed by atoms with E-state index in [2.05, 4.69) is 39.9 Å². The third kappa shape index (κ3) is 4.95. The summed E-state index contributed by atoms with van der Waals surface area (Å²) >= 11 is 0.